The van der Waals surface area contributed by atoms with Crippen LogP contribution < -0.4 is 4.74 Å². The van der Waals surface area contributed by atoms with Gasteiger partial charge < -0.3 is 9.64 Å². The molecule has 0 aliphatic carbocycles. The van der Waals surface area contributed by atoms with Gasteiger partial charge in [0.25, 0.3) is 5.91 Å². The summed E-state index contributed by atoms with van der Waals surface area (Å²) in [5, 5.41) is 0.680. The van der Waals surface area contributed by atoms with Crippen LogP contribution in [0.15, 0.2) is 18.2 Å². The van der Waals surface area contributed by atoms with Crippen molar-refractivity contribution in [2.24, 2.45) is 0 Å². The van der Waals surface area contributed by atoms with Crippen molar-refractivity contribution < 1.29 is 9.53 Å². The van der Waals surface area contributed by atoms with Crippen LogP contribution in [-0.4, -0.2) is 30.5 Å². The molecule has 1 heterocycles. The first-order chi connectivity index (χ1) is 7.66. The first-order valence-electron chi connectivity index (χ1n) is 5.33. The second kappa shape index (κ2) is 4.74. The van der Waals surface area contributed by atoms with E-state index in [1.54, 1.807) is 17.0 Å². The third kappa shape index (κ3) is 2.47. The van der Waals surface area contributed by atoms with E-state index in [9.17, 15) is 4.79 Å². The van der Waals surface area contributed by atoms with Gasteiger partial charge in [0.05, 0.1) is 0 Å². The first-order valence-corrected chi connectivity index (χ1v) is 5.71. The zero-order valence-electron chi connectivity index (χ0n) is 9.20. The average molecular weight is 240 g/mol. The molecule has 1 aliphatic heterocycles. The van der Waals surface area contributed by atoms with E-state index in [-0.39, 0.29) is 12.5 Å². The second-order valence-electron chi connectivity index (χ2n) is 3.93. The predicted molar refractivity (Wildman–Crippen MR) is 62.9 cm³/mol. The van der Waals surface area contributed by atoms with E-state index in [4.69, 9.17) is 16.3 Å². The van der Waals surface area contributed by atoms with E-state index >= 15 is 0 Å². The van der Waals surface area contributed by atoms with E-state index in [1.807, 2.05) is 13.0 Å². The maximum atomic E-state index is 11.6. The molecule has 0 saturated carbocycles. The number of nitrogens with zero attached hydrogens (tertiary/aromatic N) is 1. The van der Waals surface area contributed by atoms with Gasteiger partial charge >= 0.3 is 0 Å². The minimum absolute atomic E-state index is 0.0561. The standard InChI is InChI=1S/C12H14ClNO2/c1-9-7-10(13)3-4-11(9)16-8-12(15)14-5-2-6-14/h3-4,7H,2,5-6,8H2,1H3. The maximum Gasteiger partial charge on any atom is 0.260 e. The molecule has 0 bridgehead atoms. The van der Waals surface area contributed by atoms with Gasteiger partial charge in [-0.15, -0.1) is 0 Å². The van der Waals surface area contributed by atoms with Crippen LogP contribution in [0.4, 0.5) is 0 Å². The molecule has 4 heteroatoms. The molecule has 2 rings (SSSR count). The van der Waals surface area contributed by atoms with Crippen LogP contribution in [0.1, 0.15) is 12.0 Å². The fourth-order valence-corrected chi connectivity index (χ4v) is 1.80. The van der Waals surface area contributed by atoms with Crippen molar-refractivity contribution in [3.8, 4) is 5.75 Å². The summed E-state index contributed by atoms with van der Waals surface area (Å²) in [6.45, 7) is 3.75. The van der Waals surface area contributed by atoms with Crippen molar-refractivity contribution in [3.63, 3.8) is 0 Å². The Bertz CT molecular complexity index is 402. The molecule has 0 aromatic heterocycles. The SMILES string of the molecule is Cc1cc(Cl)ccc1OCC(=O)N1CCC1. The number of carbonyl (C=O) groups is 1. The van der Waals surface area contributed by atoms with E-state index in [0.717, 1.165) is 30.8 Å². The number of benzene rings is 1. The van der Waals surface area contributed by atoms with Crippen LogP contribution in [0.2, 0.25) is 5.02 Å². The number of hydrogen-bond donors (Lipinski definition) is 0. The van der Waals surface area contributed by atoms with Crippen molar-refractivity contribution in [2.75, 3.05) is 19.7 Å². The molecule has 0 atom stereocenters. The van der Waals surface area contributed by atoms with Gasteiger partial charge in [-0.3, -0.25) is 4.79 Å². The Kier molecular flexibility index (Phi) is 3.34. The van der Waals surface area contributed by atoms with Gasteiger partial charge in [-0.05, 0) is 37.1 Å². The molecule has 1 saturated heterocycles. The fourth-order valence-electron chi connectivity index (χ4n) is 1.57. The number of hydrogen-bond acceptors (Lipinski definition) is 2. The lowest BCUT2D eigenvalue weighted by atomic mass is 10.2. The first kappa shape index (κ1) is 11.3. The number of amides is 1. The molecular weight excluding hydrogens is 226 g/mol. The molecule has 1 aromatic rings. The van der Waals surface area contributed by atoms with Crippen LogP contribution in [0.3, 0.4) is 0 Å². The molecular formula is C12H14ClNO2. The molecule has 1 aliphatic rings. The molecule has 1 fully saturated rings. The summed E-state index contributed by atoms with van der Waals surface area (Å²) in [6, 6.07) is 5.38. The number of halogens is 1. The van der Waals surface area contributed by atoms with Crippen molar-refractivity contribution in [1.82, 2.24) is 4.90 Å². The number of likely N-dealkylation sites (tertiary alicyclic amines) is 1. The third-order valence-corrected chi connectivity index (χ3v) is 2.93. The lowest BCUT2D eigenvalue weighted by Gasteiger charge is -2.30. The van der Waals surface area contributed by atoms with E-state index < -0.39 is 0 Å². The number of rotatable bonds is 3. The minimum atomic E-state index is 0.0561. The molecule has 16 heavy (non-hydrogen) atoms. The smallest absolute Gasteiger partial charge is 0.260 e. The van der Waals surface area contributed by atoms with Crippen LogP contribution >= 0.6 is 11.6 Å². The number of ether oxygens (including phenoxy) is 1. The Hall–Kier alpha value is -1.22. The predicted octanol–water partition coefficient (Wildman–Crippen LogP) is 2.26. The van der Waals surface area contributed by atoms with E-state index in [1.165, 1.54) is 0 Å². The molecule has 86 valence electrons. The monoisotopic (exact) mass is 239 g/mol. The van der Waals surface area contributed by atoms with Crippen molar-refractivity contribution >= 4 is 17.5 Å². The van der Waals surface area contributed by atoms with Crippen molar-refractivity contribution in [2.45, 2.75) is 13.3 Å². The Morgan fingerprint density at radius 2 is 2.25 bits per heavy atom. The van der Waals surface area contributed by atoms with Gasteiger partial charge in [0.2, 0.25) is 0 Å². The number of aryl methyl sites for hydroxylation is 1. The molecule has 1 aromatic carbocycles. The average Bonchev–Trinajstić information content (AvgIpc) is 2.13. The van der Waals surface area contributed by atoms with Gasteiger partial charge in [-0.2, -0.15) is 0 Å². The lowest BCUT2D eigenvalue weighted by molar-refractivity contribution is -0.136. The van der Waals surface area contributed by atoms with Crippen LogP contribution in [0, 0.1) is 6.92 Å². The Balaban J connectivity index is 1.91. The Morgan fingerprint density at radius 1 is 1.50 bits per heavy atom. The lowest BCUT2D eigenvalue weighted by Crippen LogP contribution is -2.44. The Morgan fingerprint density at radius 3 is 2.81 bits per heavy atom. The Labute approximate surface area is 100.0 Å². The summed E-state index contributed by atoms with van der Waals surface area (Å²) in [6.07, 6.45) is 1.10. The normalized spacial score (nSPS) is 14.5. The summed E-state index contributed by atoms with van der Waals surface area (Å²) in [4.78, 5) is 13.3. The quantitative estimate of drug-likeness (QED) is 0.810. The highest BCUT2D eigenvalue weighted by atomic mass is 35.5. The van der Waals surface area contributed by atoms with Gasteiger partial charge in [0, 0.05) is 18.1 Å². The highest BCUT2D eigenvalue weighted by Gasteiger charge is 2.20. The summed E-state index contributed by atoms with van der Waals surface area (Å²) in [5.41, 5.74) is 0.948. The summed E-state index contributed by atoms with van der Waals surface area (Å²) in [5.74, 6) is 0.777. The van der Waals surface area contributed by atoms with E-state index in [0.29, 0.717) is 5.02 Å². The van der Waals surface area contributed by atoms with Crippen molar-refractivity contribution in [1.29, 1.82) is 0 Å². The van der Waals surface area contributed by atoms with Gasteiger partial charge in [0.1, 0.15) is 5.75 Å². The minimum Gasteiger partial charge on any atom is -0.483 e. The highest BCUT2D eigenvalue weighted by Crippen LogP contribution is 2.21. The third-order valence-electron chi connectivity index (χ3n) is 2.70. The summed E-state index contributed by atoms with van der Waals surface area (Å²) in [7, 11) is 0. The van der Waals surface area contributed by atoms with Crippen LogP contribution in [-0.2, 0) is 4.79 Å². The summed E-state index contributed by atoms with van der Waals surface area (Å²) >= 11 is 5.83. The van der Waals surface area contributed by atoms with E-state index in [2.05, 4.69) is 0 Å². The molecule has 0 unspecified atom stereocenters. The molecule has 3 nitrogen and oxygen atoms in total. The second-order valence-corrected chi connectivity index (χ2v) is 4.37. The molecule has 0 spiro atoms. The van der Waals surface area contributed by atoms with Gasteiger partial charge in [-0.1, -0.05) is 11.6 Å². The summed E-state index contributed by atoms with van der Waals surface area (Å²) < 4.78 is 5.46. The molecule has 0 N–H and O–H groups in total. The van der Waals surface area contributed by atoms with Crippen molar-refractivity contribution in [3.05, 3.63) is 28.8 Å². The highest BCUT2D eigenvalue weighted by molar-refractivity contribution is 6.30. The fraction of sp³-hybridized carbons (Fsp3) is 0.417. The zero-order chi connectivity index (χ0) is 11.5. The van der Waals surface area contributed by atoms with Crippen LogP contribution in [0.25, 0.3) is 0 Å². The largest absolute Gasteiger partial charge is 0.483 e. The topological polar surface area (TPSA) is 29.5 Å². The maximum absolute atomic E-state index is 11.6. The zero-order valence-corrected chi connectivity index (χ0v) is 9.96. The van der Waals surface area contributed by atoms with Gasteiger partial charge in [-0.25, -0.2) is 0 Å². The van der Waals surface area contributed by atoms with Crippen LogP contribution in [0.5, 0.6) is 5.75 Å². The van der Waals surface area contributed by atoms with Gasteiger partial charge in [0.15, 0.2) is 6.61 Å². The number of carbonyl (C=O) groups excluding carboxylic acids is 1. The molecule has 1 amide bonds. The molecule has 0 radical (unpaired) electrons.